The highest BCUT2D eigenvalue weighted by molar-refractivity contribution is 5.96. The molecule has 1 aromatic carbocycles. The van der Waals surface area contributed by atoms with E-state index in [-0.39, 0.29) is 35.9 Å². The van der Waals surface area contributed by atoms with E-state index in [1.807, 2.05) is 0 Å². The minimum Gasteiger partial charge on any atom is -0.488 e. The van der Waals surface area contributed by atoms with E-state index in [0.29, 0.717) is 24.7 Å². The summed E-state index contributed by atoms with van der Waals surface area (Å²) >= 11 is 0. The van der Waals surface area contributed by atoms with E-state index < -0.39 is 6.04 Å². The molecule has 1 aromatic heterocycles. The van der Waals surface area contributed by atoms with Crippen LogP contribution in [-0.4, -0.2) is 50.5 Å². The predicted molar refractivity (Wildman–Crippen MR) is 94.8 cm³/mol. The molecule has 1 saturated heterocycles. The van der Waals surface area contributed by atoms with Crippen LogP contribution in [0.1, 0.15) is 16.8 Å². The van der Waals surface area contributed by atoms with Crippen molar-refractivity contribution in [1.82, 2.24) is 10.3 Å². The molecule has 144 valence electrons. The van der Waals surface area contributed by atoms with Gasteiger partial charge in [-0.25, -0.2) is 4.39 Å². The first-order valence-corrected chi connectivity index (χ1v) is 8.50. The standard InChI is InChI=1S/C19H21FN2O5/c1-24-17-7-6-14(19(22-17)25-2)18(23)21-15-11-26-9-8-16(15)27-13-5-3-4-12(20)10-13/h3-7,10,15-16H,8-9,11H2,1-2H3,(H,21,23)/t15-,16+/m1/s1. The maximum absolute atomic E-state index is 13.4. The highest BCUT2D eigenvalue weighted by atomic mass is 19.1. The molecule has 7 nitrogen and oxygen atoms in total. The summed E-state index contributed by atoms with van der Waals surface area (Å²) in [5.41, 5.74) is 0.272. The van der Waals surface area contributed by atoms with Crippen molar-refractivity contribution in [2.24, 2.45) is 0 Å². The molecule has 2 atom stereocenters. The van der Waals surface area contributed by atoms with Crippen LogP contribution in [0.2, 0.25) is 0 Å². The third kappa shape index (κ3) is 4.65. The smallest absolute Gasteiger partial charge is 0.257 e. The molecule has 0 saturated carbocycles. The molecule has 1 aliphatic heterocycles. The number of benzene rings is 1. The van der Waals surface area contributed by atoms with Crippen molar-refractivity contribution in [3.63, 3.8) is 0 Å². The van der Waals surface area contributed by atoms with Gasteiger partial charge in [-0.15, -0.1) is 0 Å². The number of carbonyl (C=O) groups excluding carboxylic acids is 1. The van der Waals surface area contributed by atoms with Crippen LogP contribution in [-0.2, 0) is 4.74 Å². The number of hydrogen-bond donors (Lipinski definition) is 1. The summed E-state index contributed by atoms with van der Waals surface area (Å²) < 4.78 is 35.0. The molecular weight excluding hydrogens is 355 g/mol. The fourth-order valence-corrected chi connectivity index (χ4v) is 2.82. The van der Waals surface area contributed by atoms with Gasteiger partial charge in [-0.3, -0.25) is 4.79 Å². The summed E-state index contributed by atoms with van der Waals surface area (Å²) in [6, 6.07) is 8.66. The largest absolute Gasteiger partial charge is 0.488 e. The topological polar surface area (TPSA) is 78.9 Å². The summed E-state index contributed by atoms with van der Waals surface area (Å²) in [4.78, 5) is 16.8. The van der Waals surface area contributed by atoms with Gasteiger partial charge in [0, 0.05) is 18.6 Å². The maximum atomic E-state index is 13.4. The predicted octanol–water partition coefficient (Wildman–Crippen LogP) is 2.20. The zero-order chi connectivity index (χ0) is 19.2. The number of aromatic nitrogens is 1. The number of ether oxygens (including phenoxy) is 4. The summed E-state index contributed by atoms with van der Waals surface area (Å²) in [5, 5.41) is 2.89. The number of rotatable bonds is 6. The van der Waals surface area contributed by atoms with E-state index in [9.17, 15) is 9.18 Å². The van der Waals surface area contributed by atoms with Crippen LogP contribution < -0.4 is 19.5 Å². The van der Waals surface area contributed by atoms with Crippen LogP contribution in [0, 0.1) is 5.82 Å². The van der Waals surface area contributed by atoms with Gasteiger partial charge in [-0.05, 0) is 18.2 Å². The Kier molecular flexibility index (Phi) is 6.08. The molecule has 8 heteroatoms. The molecule has 1 amide bonds. The molecule has 1 aliphatic rings. The average Bonchev–Trinajstić information content (AvgIpc) is 2.69. The van der Waals surface area contributed by atoms with Crippen LogP contribution >= 0.6 is 0 Å². The van der Waals surface area contributed by atoms with E-state index in [1.54, 1.807) is 24.3 Å². The molecule has 2 aromatic rings. The van der Waals surface area contributed by atoms with Crippen molar-refractivity contribution in [3.8, 4) is 17.5 Å². The van der Waals surface area contributed by atoms with Gasteiger partial charge in [0.25, 0.3) is 5.91 Å². The van der Waals surface area contributed by atoms with Gasteiger partial charge >= 0.3 is 0 Å². The molecule has 0 unspecified atom stereocenters. The average molecular weight is 376 g/mol. The monoisotopic (exact) mass is 376 g/mol. The molecule has 27 heavy (non-hydrogen) atoms. The van der Waals surface area contributed by atoms with Gasteiger partial charge in [0.2, 0.25) is 11.8 Å². The molecule has 0 bridgehead atoms. The second kappa shape index (κ2) is 8.68. The summed E-state index contributed by atoms with van der Waals surface area (Å²) in [6.45, 7) is 0.789. The Balaban J connectivity index is 1.73. The van der Waals surface area contributed by atoms with Gasteiger partial charge in [0.15, 0.2) is 0 Å². The molecular formula is C19H21FN2O5. The number of nitrogens with one attached hydrogen (secondary N) is 1. The molecule has 1 N–H and O–H groups in total. The van der Waals surface area contributed by atoms with Gasteiger partial charge in [0.1, 0.15) is 23.2 Å². The molecule has 0 spiro atoms. The second-order valence-electron chi connectivity index (χ2n) is 5.97. The third-order valence-electron chi connectivity index (χ3n) is 4.17. The SMILES string of the molecule is COc1ccc(C(=O)N[C@@H]2COCC[C@@H]2Oc2cccc(F)c2)c(OC)n1. The van der Waals surface area contributed by atoms with Crippen LogP contribution in [0.5, 0.6) is 17.5 Å². The minimum atomic E-state index is -0.402. The lowest BCUT2D eigenvalue weighted by atomic mass is 10.1. The lowest BCUT2D eigenvalue weighted by molar-refractivity contribution is -0.00302. The Morgan fingerprint density at radius 1 is 1.26 bits per heavy atom. The fraction of sp³-hybridized carbons (Fsp3) is 0.368. The molecule has 0 radical (unpaired) electrons. The van der Waals surface area contributed by atoms with E-state index >= 15 is 0 Å². The second-order valence-corrected chi connectivity index (χ2v) is 5.97. The minimum absolute atomic E-state index is 0.158. The van der Waals surface area contributed by atoms with Crippen LogP contribution in [0.3, 0.4) is 0 Å². The highest BCUT2D eigenvalue weighted by Gasteiger charge is 2.30. The normalized spacial score (nSPS) is 19.2. The van der Waals surface area contributed by atoms with Crippen molar-refractivity contribution in [1.29, 1.82) is 0 Å². The molecule has 3 rings (SSSR count). The zero-order valence-electron chi connectivity index (χ0n) is 15.1. The number of nitrogens with zero attached hydrogens (tertiary/aromatic N) is 1. The van der Waals surface area contributed by atoms with Crippen molar-refractivity contribution < 1.29 is 28.1 Å². The summed E-state index contributed by atoms with van der Waals surface area (Å²) in [7, 11) is 2.91. The maximum Gasteiger partial charge on any atom is 0.257 e. The van der Waals surface area contributed by atoms with Crippen LogP contribution in [0.25, 0.3) is 0 Å². The third-order valence-corrected chi connectivity index (χ3v) is 4.17. The Hall–Kier alpha value is -2.87. The lowest BCUT2D eigenvalue weighted by Crippen LogP contribution is -2.51. The Bertz CT molecular complexity index is 801. The fourth-order valence-electron chi connectivity index (χ4n) is 2.82. The number of hydrogen-bond acceptors (Lipinski definition) is 6. The number of halogens is 1. The van der Waals surface area contributed by atoms with Crippen molar-refractivity contribution in [3.05, 3.63) is 47.8 Å². The van der Waals surface area contributed by atoms with E-state index in [1.165, 1.54) is 26.4 Å². The summed E-state index contributed by atoms with van der Waals surface area (Å²) in [5.74, 6) is 0.160. The number of methoxy groups -OCH3 is 2. The molecule has 0 aliphatic carbocycles. The first-order valence-electron chi connectivity index (χ1n) is 8.50. The van der Waals surface area contributed by atoms with Crippen LogP contribution in [0.15, 0.2) is 36.4 Å². The molecule has 2 heterocycles. The zero-order valence-corrected chi connectivity index (χ0v) is 15.1. The van der Waals surface area contributed by atoms with Gasteiger partial charge < -0.3 is 24.3 Å². The first-order chi connectivity index (χ1) is 13.1. The summed E-state index contributed by atoms with van der Waals surface area (Å²) in [6.07, 6.45) is 0.223. The van der Waals surface area contributed by atoms with Gasteiger partial charge in [-0.2, -0.15) is 4.98 Å². The number of carbonyl (C=O) groups is 1. The first kappa shape index (κ1) is 18.9. The van der Waals surface area contributed by atoms with Crippen molar-refractivity contribution in [2.75, 3.05) is 27.4 Å². The highest BCUT2D eigenvalue weighted by Crippen LogP contribution is 2.22. The van der Waals surface area contributed by atoms with Gasteiger partial charge in [0.05, 0.1) is 33.5 Å². The molecule has 1 fully saturated rings. The van der Waals surface area contributed by atoms with Gasteiger partial charge in [-0.1, -0.05) is 6.07 Å². The Morgan fingerprint density at radius 3 is 2.85 bits per heavy atom. The lowest BCUT2D eigenvalue weighted by Gasteiger charge is -2.32. The van der Waals surface area contributed by atoms with Crippen molar-refractivity contribution >= 4 is 5.91 Å². The van der Waals surface area contributed by atoms with Crippen LogP contribution in [0.4, 0.5) is 4.39 Å². The Labute approximate surface area is 156 Å². The van der Waals surface area contributed by atoms with E-state index in [4.69, 9.17) is 18.9 Å². The van der Waals surface area contributed by atoms with E-state index in [0.717, 1.165) is 0 Å². The number of pyridine rings is 1. The number of amides is 1. The quantitative estimate of drug-likeness (QED) is 0.833. The Morgan fingerprint density at radius 2 is 2.11 bits per heavy atom. The van der Waals surface area contributed by atoms with Crippen molar-refractivity contribution in [2.45, 2.75) is 18.6 Å². The van der Waals surface area contributed by atoms with E-state index in [2.05, 4.69) is 10.3 Å².